The van der Waals surface area contributed by atoms with E-state index in [4.69, 9.17) is 10.5 Å². The number of ether oxygens (including phenoxy) is 1. The molecule has 0 spiro atoms. The molecule has 1 aromatic heterocycles. The second-order valence-electron chi connectivity index (χ2n) is 4.91. The van der Waals surface area contributed by atoms with Crippen molar-refractivity contribution in [3.8, 4) is 5.75 Å². The van der Waals surface area contributed by atoms with Gasteiger partial charge in [-0.3, -0.25) is 4.98 Å². The average molecular weight is 237 g/mol. The fraction of sp³-hybridized carbons (Fsp3) is 0.615. The third-order valence-electron chi connectivity index (χ3n) is 3.32. The fourth-order valence-electron chi connectivity index (χ4n) is 1.54. The van der Waals surface area contributed by atoms with Gasteiger partial charge in [-0.2, -0.15) is 0 Å². The van der Waals surface area contributed by atoms with Crippen molar-refractivity contribution >= 4 is 0 Å². The molecule has 0 aliphatic heterocycles. The topological polar surface area (TPSA) is 51.4 Å². The molecule has 0 aliphatic carbocycles. The van der Waals surface area contributed by atoms with Gasteiger partial charge in [0, 0.05) is 17.8 Å². The monoisotopic (exact) mass is 237 g/mol. The molecule has 0 saturated carbocycles. The zero-order valence-electron chi connectivity index (χ0n) is 11.4. The molecule has 1 unspecified atom stereocenters. The summed E-state index contributed by atoms with van der Waals surface area (Å²) in [6, 6.07) is 1.86. The summed E-state index contributed by atoms with van der Waals surface area (Å²) in [6.45, 7) is 6.82. The van der Waals surface area contributed by atoms with Crippen LogP contribution in [0.3, 0.4) is 0 Å². The van der Waals surface area contributed by atoms with E-state index in [1.807, 2.05) is 27.1 Å². The van der Waals surface area contributed by atoms with E-state index >= 15 is 0 Å². The summed E-state index contributed by atoms with van der Waals surface area (Å²) in [5, 5.41) is 0. The zero-order valence-corrected chi connectivity index (χ0v) is 11.4. The minimum absolute atomic E-state index is 0.106. The van der Waals surface area contributed by atoms with E-state index in [0.29, 0.717) is 6.61 Å². The van der Waals surface area contributed by atoms with Crippen LogP contribution in [0.2, 0.25) is 0 Å². The van der Waals surface area contributed by atoms with Crippen molar-refractivity contribution in [1.82, 2.24) is 9.88 Å². The SMILES string of the molecule is CCOc1cncc(C(N)C(C)(C)N(C)C)c1. The van der Waals surface area contributed by atoms with Crippen LogP contribution in [-0.4, -0.2) is 36.1 Å². The van der Waals surface area contributed by atoms with Gasteiger partial charge in [-0.25, -0.2) is 0 Å². The van der Waals surface area contributed by atoms with Gasteiger partial charge in [0.25, 0.3) is 0 Å². The smallest absolute Gasteiger partial charge is 0.137 e. The molecule has 0 amide bonds. The Hall–Kier alpha value is -1.13. The Balaban J connectivity index is 2.96. The molecule has 1 rings (SSSR count). The lowest BCUT2D eigenvalue weighted by Gasteiger charge is -2.38. The van der Waals surface area contributed by atoms with Gasteiger partial charge < -0.3 is 15.4 Å². The van der Waals surface area contributed by atoms with Crippen LogP contribution < -0.4 is 10.5 Å². The molecule has 0 bridgehead atoms. The van der Waals surface area contributed by atoms with E-state index in [9.17, 15) is 0 Å². The summed E-state index contributed by atoms with van der Waals surface area (Å²) >= 11 is 0. The lowest BCUT2D eigenvalue weighted by atomic mass is 9.89. The van der Waals surface area contributed by atoms with E-state index in [0.717, 1.165) is 11.3 Å². The highest BCUT2D eigenvalue weighted by atomic mass is 16.5. The quantitative estimate of drug-likeness (QED) is 0.848. The Labute approximate surface area is 104 Å². The van der Waals surface area contributed by atoms with E-state index in [1.165, 1.54) is 0 Å². The second-order valence-corrected chi connectivity index (χ2v) is 4.91. The molecule has 2 N–H and O–H groups in total. The van der Waals surface area contributed by atoms with Gasteiger partial charge in [0.2, 0.25) is 0 Å². The normalized spacial score (nSPS) is 13.8. The predicted molar refractivity (Wildman–Crippen MR) is 70.1 cm³/mol. The molecule has 4 nitrogen and oxygen atoms in total. The number of nitrogens with two attached hydrogens (primary N) is 1. The maximum atomic E-state index is 6.30. The van der Waals surface area contributed by atoms with Crippen molar-refractivity contribution in [2.75, 3.05) is 20.7 Å². The van der Waals surface area contributed by atoms with Crippen molar-refractivity contribution in [2.24, 2.45) is 5.73 Å². The fourth-order valence-corrected chi connectivity index (χ4v) is 1.54. The molecule has 96 valence electrons. The molecule has 0 fully saturated rings. The molecular weight excluding hydrogens is 214 g/mol. The molecular formula is C13H23N3O. The lowest BCUT2D eigenvalue weighted by molar-refractivity contribution is 0.158. The van der Waals surface area contributed by atoms with Gasteiger partial charge in [-0.05, 0) is 46.5 Å². The van der Waals surface area contributed by atoms with Crippen LogP contribution >= 0.6 is 0 Å². The maximum absolute atomic E-state index is 6.30. The van der Waals surface area contributed by atoms with Crippen LogP contribution in [0.4, 0.5) is 0 Å². The van der Waals surface area contributed by atoms with E-state index in [2.05, 4.69) is 23.7 Å². The number of pyridine rings is 1. The molecule has 0 radical (unpaired) electrons. The van der Waals surface area contributed by atoms with Crippen molar-refractivity contribution in [3.63, 3.8) is 0 Å². The van der Waals surface area contributed by atoms with Crippen molar-refractivity contribution < 1.29 is 4.74 Å². The van der Waals surface area contributed by atoms with Gasteiger partial charge >= 0.3 is 0 Å². The summed E-state index contributed by atoms with van der Waals surface area (Å²) < 4.78 is 5.44. The first-order chi connectivity index (χ1) is 7.89. The molecule has 0 aromatic carbocycles. The number of hydrogen-bond donors (Lipinski definition) is 1. The van der Waals surface area contributed by atoms with Crippen molar-refractivity contribution in [3.05, 3.63) is 24.0 Å². The summed E-state index contributed by atoms with van der Waals surface area (Å²) in [4.78, 5) is 6.29. The van der Waals surface area contributed by atoms with Crippen LogP contribution in [0, 0.1) is 0 Å². The first-order valence-corrected chi connectivity index (χ1v) is 5.90. The first kappa shape index (κ1) is 13.9. The average Bonchev–Trinajstić information content (AvgIpc) is 2.28. The number of nitrogens with zero attached hydrogens (tertiary/aromatic N) is 2. The minimum Gasteiger partial charge on any atom is -0.492 e. The molecule has 1 aromatic rings. The highest BCUT2D eigenvalue weighted by Gasteiger charge is 2.30. The van der Waals surface area contributed by atoms with Gasteiger partial charge in [0.1, 0.15) is 5.75 Å². The Kier molecular flexibility index (Phi) is 4.48. The summed E-state index contributed by atoms with van der Waals surface area (Å²) in [5.41, 5.74) is 7.16. The Morgan fingerprint density at radius 3 is 2.59 bits per heavy atom. The molecule has 0 saturated heterocycles. The number of rotatable bonds is 5. The number of aromatic nitrogens is 1. The van der Waals surface area contributed by atoms with Gasteiger partial charge in [-0.15, -0.1) is 0 Å². The largest absolute Gasteiger partial charge is 0.492 e. The van der Waals surface area contributed by atoms with E-state index in [1.54, 1.807) is 12.4 Å². The standard InChI is InChI=1S/C13H23N3O/c1-6-17-11-7-10(8-15-9-11)12(14)13(2,3)16(4)5/h7-9,12H,6,14H2,1-5H3. The number of hydrogen-bond acceptors (Lipinski definition) is 4. The third kappa shape index (κ3) is 3.17. The number of likely N-dealkylation sites (N-methyl/N-ethyl adjacent to an activating group) is 1. The van der Waals surface area contributed by atoms with Crippen LogP contribution in [0.5, 0.6) is 5.75 Å². The van der Waals surface area contributed by atoms with Gasteiger partial charge in [-0.1, -0.05) is 0 Å². The summed E-state index contributed by atoms with van der Waals surface area (Å²) in [5.74, 6) is 0.773. The Bertz CT molecular complexity index is 363. The van der Waals surface area contributed by atoms with Gasteiger partial charge in [0.15, 0.2) is 0 Å². The first-order valence-electron chi connectivity index (χ1n) is 5.90. The predicted octanol–water partition coefficient (Wildman–Crippen LogP) is 1.82. The van der Waals surface area contributed by atoms with Crippen LogP contribution in [0.15, 0.2) is 18.5 Å². The Morgan fingerprint density at radius 1 is 1.41 bits per heavy atom. The second kappa shape index (κ2) is 5.47. The minimum atomic E-state index is -0.132. The van der Waals surface area contributed by atoms with Crippen LogP contribution in [-0.2, 0) is 0 Å². The highest BCUT2D eigenvalue weighted by molar-refractivity contribution is 5.27. The van der Waals surface area contributed by atoms with Crippen molar-refractivity contribution in [2.45, 2.75) is 32.4 Å². The van der Waals surface area contributed by atoms with E-state index < -0.39 is 0 Å². The molecule has 1 atom stereocenters. The highest BCUT2D eigenvalue weighted by Crippen LogP contribution is 2.28. The zero-order chi connectivity index (χ0) is 13.1. The van der Waals surface area contributed by atoms with Crippen molar-refractivity contribution in [1.29, 1.82) is 0 Å². The van der Waals surface area contributed by atoms with Crippen LogP contribution in [0.25, 0.3) is 0 Å². The summed E-state index contributed by atoms with van der Waals surface area (Å²) in [6.07, 6.45) is 3.51. The van der Waals surface area contributed by atoms with E-state index in [-0.39, 0.29) is 11.6 Å². The van der Waals surface area contributed by atoms with Crippen LogP contribution in [0.1, 0.15) is 32.4 Å². The molecule has 0 aliphatic rings. The lowest BCUT2D eigenvalue weighted by Crippen LogP contribution is -2.47. The molecule has 4 heteroatoms. The molecule has 17 heavy (non-hydrogen) atoms. The summed E-state index contributed by atoms with van der Waals surface area (Å²) in [7, 11) is 4.05. The third-order valence-corrected chi connectivity index (χ3v) is 3.32. The Morgan fingerprint density at radius 2 is 2.06 bits per heavy atom. The van der Waals surface area contributed by atoms with Gasteiger partial charge in [0.05, 0.1) is 12.8 Å². The maximum Gasteiger partial charge on any atom is 0.137 e. The molecule has 1 heterocycles.